The molecule has 0 aromatic heterocycles. The molecule has 7 nitrogen and oxygen atoms in total. The summed E-state index contributed by atoms with van der Waals surface area (Å²) in [5.74, 6) is 0.825. The number of para-hydroxylation sites is 1. The van der Waals surface area contributed by atoms with Crippen LogP contribution in [-0.4, -0.2) is 66.2 Å². The fraction of sp³-hybridized carbons (Fsp3) is 0.429. The van der Waals surface area contributed by atoms with Gasteiger partial charge in [0.2, 0.25) is 0 Å². The first-order chi connectivity index (χ1) is 16.9. The molecule has 186 valence electrons. The SMILES string of the molecule is CCN(CCN)C(=O)c1ccc(C2=CC3(CCN(C(=O)OC(C)C)CC3)Oc3ccccc32)cc1. The maximum absolute atomic E-state index is 12.8. The largest absolute Gasteiger partial charge is 0.482 e. The molecule has 0 saturated carbocycles. The fourth-order valence-corrected chi connectivity index (χ4v) is 4.73. The lowest BCUT2D eigenvalue weighted by Gasteiger charge is -2.42. The van der Waals surface area contributed by atoms with Gasteiger partial charge in [-0.15, -0.1) is 0 Å². The van der Waals surface area contributed by atoms with Crippen molar-refractivity contribution in [1.29, 1.82) is 0 Å². The second-order valence-electron chi connectivity index (χ2n) is 9.39. The lowest BCUT2D eigenvalue weighted by molar-refractivity contribution is 0.0228. The third kappa shape index (κ3) is 5.35. The predicted molar refractivity (Wildman–Crippen MR) is 136 cm³/mol. The van der Waals surface area contributed by atoms with Crippen LogP contribution in [0.3, 0.4) is 0 Å². The van der Waals surface area contributed by atoms with Crippen LogP contribution in [0.1, 0.15) is 55.1 Å². The van der Waals surface area contributed by atoms with Gasteiger partial charge >= 0.3 is 6.09 Å². The quantitative estimate of drug-likeness (QED) is 0.670. The lowest BCUT2D eigenvalue weighted by atomic mass is 9.83. The Hall–Kier alpha value is -3.32. The van der Waals surface area contributed by atoms with Gasteiger partial charge in [-0.1, -0.05) is 30.3 Å². The molecule has 0 atom stereocenters. The van der Waals surface area contributed by atoms with Crippen molar-refractivity contribution in [2.45, 2.75) is 45.3 Å². The minimum atomic E-state index is -0.493. The summed E-state index contributed by atoms with van der Waals surface area (Å²) in [6.45, 7) is 8.41. The van der Waals surface area contributed by atoms with E-state index in [1.807, 2.05) is 63.2 Å². The molecular formula is C28H35N3O4. The molecule has 0 bridgehead atoms. The van der Waals surface area contributed by atoms with Crippen LogP contribution in [0, 0.1) is 0 Å². The van der Waals surface area contributed by atoms with Crippen molar-refractivity contribution in [3.8, 4) is 5.75 Å². The number of ether oxygens (including phenoxy) is 2. The summed E-state index contributed by atoms with van der Waals surface area (Å²) >= 11 is 0. The Morgan fingerprint density at radius 1 is 1.11 bits per heavy atom. The molecule has 2 N–H and O–H groups in total. The Kier molecular flexibility index (Phi) is 7.45. The van der Waals surface area contributed by atoms with Crippen molar-refractivity contribution >= 4 is 17.6 Å². The van der Waals surface area contributed by atoms with Crippen LogP contribution >= 0.6 is 0 Å². The minimum Gasteiger partial charge on any atom is -0.482 e. The Balaban J connectivity index is 1.60. The first kappa shape index (κ1) is 24.8. The molecule has 2 aliphatic rings. The highest BCUT2D eigenvalue weighted by atomic mass is 16.6. The molecule has 0 radical (unpaired) electrons. The molecule has 1 spiro atoms. The van der Waals surface area contributed by atoms with E-state index >= 15 is 0 Å². The number of likely N-dealkylation sites (N-methyl/N-ethyl adjacent to an activating group) is 1. The van der Waals surface area contributed by atoms with E-state index in [0.717, 1.165) is 22.4 Å². The summed E-state index contributed by atoms with van der Waals surface area (Å²) in [6.07, 6.45) is 3.14. The summed E-state index contributed by atoms with van der Waals surface area (Å²) < 4.78 is 11.9. The normalized spacial score (nSPS) is 16.4. The summed E-state index contributed by atoms with van der Waals surface area (Å²) in [4.78, 5) is 28.7. The van der Waals surface area contributed by atoms with Crippen molar-refractivity contribution in [1.82, 2.24) is 9.80 Å². The highest BCUT2D eigenvalue weighted by Crippen LogP contribution is 2.43. The number of nitrogens with zero attached hydrogens (tertiary/aromatic N) is 2. The van der Waals surface area contributed by atoms with Crippen LogP contribution in [0.25, 0.3) is 5.57 Å². The van der Waals surface area contributed by atoms with E-state index in [-0.39, 0.29) is 18.1 Å². The molecular weight excluding hydrogens is 442 g/mol. The summed E-state index contributed by atoms with van der Waals surface area (Å²) in [5, 5.41) is 0. The number of carbonyl (C=O) groups excluding carboxylic acids is 2. The number of hydrogen-bond acceptors (Lipinski definition) is 5. The summed E-state index contributed by atoms with van der Waals surface area (Å²) in [7, 11) is 0. The zero-order valence-corrected chi connectivity index (χ0v) is 20.8. The van der Waals surface area contributed by atoms with Crippen molar-refractivity contribution in [3.63, 3.8) is 0 Å². The van der Waals surface area contributed by atoms with E-state index in [9.17, 15) is 9.59 Å². The molecule has 2 aromatic rings. The van der Waals surface area contributed by atoms with Crippen LogP contribution in [-0.2, 0) is 4.74 Å². The van der Waals surface area contributed by atoms with Gasteiger partial charge in [0.1, 0.15) is 11.4 Å². The summed E-state index contributed by atoms with van der Waals surface area (Å²) in [5.41, 5.74) is 8.95. The average Bonchev–Trinajstić information content (AvgIpc) is 2.86. The second-order valence-corrected chi connectivity index (χ2v) is 9.39. The standard InChI is InChI=1S/C28H35N3O4/c1-4-30(18-15-29)26(32)22-11-9-21(10-12-22)24-19-28(35-25-8-6-5-7-23(24)25)13-16-31(17-14-28)27(33)34-20(2)3/h5-12,19-20H,4,13-18,29H2,1-3H3. The van der Waals surface area contributed by atoms with Gasteiger partial charge in [0.05, 0.1) is 6.10 Å². The van der Waals surface area contributed by atoms with Gasteiger partial charge in [-0.25, -0.2) is 4.79 Å². The van der Waals surface area contributed by atoms with Crippen LogP contribution in [0.4, 0.5) is 4.79 Å². The van der Waals surface area contributed by atoms with Gasteiger partial charge < -0.3 is 25.0 Å². The molecule has 2 heterocycles. The molecule has 2 aromatic carbocycles. The van der Waals surface area contributed by atoms with Gasteiger partial charge in [-0.05, 0) is 56.2 Å². The molecule has 1 saturated heterocycles. The van der Waals surface area contributed by atoms with Gasteiger partial charge in [0, 0.05) is 56.7 Å². The lowest BCUT2D eigenvalue weighted by Crippen LogP contribution is -2.50. The predicted octanol–water partition coefficient (Wildman–Crippen LogP) is 4.31. The highest BCUT2D eigenvalue weighted by Gasteiger charge is 2.40. The Bertz CT molecular complexity index is 1090. The highest BCUT2D eigenvalue weighted by molar-refractivity contribution is 5.95. The molecule has 0 aliphatic carbocycles. The van der Waals surface area contributed by atoms with Crippen molar-refractivity contribution in [2.24, 2.45) is 5.73 Å². The van der Waals surface area contributed by atoms with Gasteiger partial charge in [0.25, 0.3) is 5.91 Å². The molecule has 35 heavy (non-hydrogen) atoms. The topological polar surface area (TPSA) is 85.1 Å². The van der Waals surface area contributed by atoms with Crippen molar-refractivity contribution < 1.29 is 19.1 Å². The van der Waals surface area contributed by atoms with E-state index in [4.69, 9.17) is 15.2 Å². The molecule has 2 aliphatic heterocycles. The number of nitrogens with two attached hydrogens (primary N) is 1. The number of amides is 2. The van der Waals surface area contributed by atoms with Crippen LogP contribution in [0.2, 0.25) is 0 Å². The molecule has 1 fully saturated rings. The van der Waals surface area contributed by atoms with Crippen LogP contribution in [0.15, 0.2) is 54.6 Å². The van der Waals surface area contributed by atoms with E-state index < -0.39 is 5.60 Å². The van der Waals surface area contributed by atoms with E-state index in [1.165, 1.54) is 0 Å². The Morgan fingerprint density at radius 3 is 2.43 bits per heavy atom. The number of rotatable bonds is 6. The Labute approximate surface area is 207 Å². The molecule has 7 heteroatoms. The van der Waals surface area contributed by atoms with Crippen LogP contribution in [0.5, 0.6) is 5.75 Å². The number of hydrogen-bond donors (Lipinski definition) is 1. The number of carbonyl (C=O) groups is 2. The number of benzene rings is 2. The molecule has 0 unspecified atom stereocenters. The van der Waals surface area contributed by atoms with Crippen molar-refractivity contribution in [2.75, 3.05) is 32.7 Å². The number of piperidine rings is 1. The third-order valence-corrected chi connectivity index (χ3v) is 6.61. The average molecular weight is 478 g/mol. The van der Waals surface area contributed by atoms with Crippen molar-refractivity contribution in [3.05, 3.63) is 71.3 Å². The third-order valence-electron chi connectivity index (χ3n) is 6.61. The van der Waals surface area contributed by atoms with Gasteiger partial charge in [0.15, 0.2) is 0 Å². The summed E-state index contributed by atoms with van der Waals surface area (Å²) in [6, 6.07) is 15.8. The molecule has 4 rings (SSSR count). The first-order valence-corrected chi connectivity index (χ1v) is 12.4. The maximum Gasteiger partial charge on any atom is 0.410 e. The molecule has 2 amide bonds. The second kappa shape index (κ2) is 10.5. The van der Waals surface area contributed by atoms with E-state index in [1.54, 1.807) is 9.80 Å². The van der Waals surface area contributed by atoms with Gasteiger partial charge in [-0.3, -0.25) is 4.79 Å². The minimum absolute atomic E-state index is 0.0111. The van der Waals surface area contributed by atoms with E-state index in [2.05, 4.69) is 12.1 Å². The zero-order chi connectivity index (χ0) is 25.0. The van der Waals surface area contributed by atoms with Crippen LogP contribution < -0.4 is 10.5 Å². The van der Waals surface area contributed by atoms with E-state index in [0.29, 0.717) is 51.1 Å². The monoisotopic (exact) mass is 477 g/mol. The first-order valence-electron chi connectivity index (χ1n) is 12.4. The Morgan fingerprint density at radius 2 is 1.80 bits per heavy atom. The smallest absolute Gasteiger partial charge is 0.410 e. The zero-order valence-electron chi connectivity index (χ0n) is 20.8. The maximum atomic E-state index is 12.8. The number of likely N-dealkylation sites (tertiary alicyclic amines) is 1. The number of fused-ring (bicyclic) bond motifs is 1. The van der Waals surface area contributed by atoms with Gasteiger partial charge in [-0.2, -0.15) is 0 Å². The fourth-order valence-electron chi connectivity index (χ4n) is 4.73.